The van der Waals surface area contributed by atoms with Gasteiger partial charge in [-0.05, 0) is 34.6 Å². The molecule has 1 saturated heterocycles. The van der Waals surface area contributed by atoms with Crippen molar-refractivity contribution >= 4 is 18.0 Å². The number of likely N-dealkylation sites (tertiary alicyclic amines) is 1. The predicted molar refractivity (Wildman–Crippen MR) is 124 cm³/mol. The molecule has 0 radical (unpaired) electrons. The molecule has 2 N–H and O–H groups in total. The summed E-state index contributed by atoms with van der Waals surface area (Å²) in [6.07, 6.45) is 0.149. The van der Waals surface area contributed by atoms with Crippen LogP contribution in [0, 0.1) is 11.8 Å². The molecule has 2 aliphatic rings. The van der Waals surface area contributed by atoms with E-state index in [1.807, 2.05) is 38.1 Å². The number of hydrogen-bond donors (Lipinski definition) is 2. The lowest BCUT2D eigenvalue weighted by Crippen LogP contribution is -2.40. The summed E-state index contributed by atoms with van der Waals surface area (Å²) in [5, 5.41) is 12.1. The quantitative estimate of drug-likeness (QED) is 0.668. The van der Waals surface area contributed by atoms with E-state index in [0.29, 0.717) is 13.0 Å². The van der Waals surface area contributed by atoms with E-state index >= 15 is 0 Å². The third-order valence-corrected chi connectivity index (χ3v) is 6.86. The topological polar surface area (TPSA) is 95.9 Å². The molecule has 3 unspecified atom stereocenters. The average molecular weight is 451 g/mol. The minimum absolute atomic E-state index is 0.0242. The molecule has 0 bridgehead atoms. The molecule has 33 heavy (non-hydrogen) atoms. The van der Waals surface area contributed by atoms with Crippen LogP contribution in [-0.2, 0) is 14.3 Å². The zero-order chi connectivity index (χ0) is 23.5. The summed E-state index contributed by atoms with van der Waals surface area (Å²) in [6.45, 7) is 4.61. The smallest absolute Gasteiger partial charge is 0.407 e. The molecule has 1 fully saturated rings. The Morgan fingerprint density at radius 3 is 2.21 bits per heavy atom. The normalized spacial score (nSPS) is 20.1. The van der Waals surface area contributed by atoms with Gasteiger partial charge >= 0.3 is 12.1 Å². The van der Waals surface area contributed by atoms with Crippen LogP contribution in [0.3, 0.4) is 0 Å². The molecule has 0 saturated carbocycles. The molecule has 3 atom stereocenters. The first-order valence-corrected chi connectivity index (χ1v) is 11.5. The van der Waals surface area contributed by atoms with Crippen molar-refractivity contribution in [2.75, 3.05) is 19.7 Å². The number of carboxylic acid groups (broad SMARTS) is 1. The lowest BCUT2D eigenvalue weighted by molar-refractivity contribution is -0.142. The first kappa shape index (κ1) is 22.8. The van der Waals surface area contributed by atoms with Crippen molar-refractivity contribution in [2.24, 2.45) is 11.8 Å². The fraction of sp³-hybridized carbons (Fsp3) is 0.423. The highest BCUT2D eigenvalue weighted by atomic mass is 16.5. The predicted octanol–water partition coefficient (Wildman–Crippen LogP) is 3.87. The number of amides is 2. The highest BCUT2D eigenvalue weighted by molar-refractivity contribution is 5.81. The van der Waals surface area contributed by atoms with E-state index in [0.717, 1.165) is 11.1 Å². The number of fused-ring (bicyclic) bond motifs is 3. The number of carbonyl (C=O) groups excluding carboxylic acids is 2. The molecule has 0 aromatic heterocycles. The second-order valence-electron chi connectivity index (χ2n) is 9.00. The number of benzene rings is 2. The summed E-state index contributed by atoms with van der Waals surface area (Å²) in [7, 11) is 0. The fourth-order valence-electron chi connectivity index (χ4n) is 4.94. The average Bonchev–Trinajstić information content (AvgIpc) is 3.35. The van der Waals surface area contributed by atoms with E-state index in [1.165, 1.54) is 11.1 Å². The Labute approximate surface area is 193 Å². The van der Waals surface area contributed by atoms with E-state index < -0.39 is 18.0 Å². The SMILES string of the molecule is CCC(CC(=O)N1CC(C)C(C(=O)O)C1)NC(=O)OCC1c2ccccc2-c2ccccc21. The molecule has 2 amide bonds. The third-order valence-electron chi connectivity index (χ3n) is 6.86. The number of rotatable bonds is 7. The first-order valence-electron chi connectivity index (χ1n) is 11.5. The van der Waals surface area contributed by atoms with Crippen molar-refractivity contribution in [1.82, 2.24) is 10.2 Å². The maximum Gasteiger partial charge on any atom is 0.407 e. The molecule has 0 spiro atoms. The van der Waals surface area contributed by atoms with Gasteiger partial charge in [-0.3, -0.25) is 9.59 Å². The Bertz CT molecular complexity index is 1010. The van der Waals surface area contributed by atoms with E-state index in [4.69, 9.17) is 4.74 Å². The van der Waals surface area contributed by atoms with Crippen LogP contribution < -0.4 is 5.32 Å². The highest BCUT2D eigenvalue weighted by Crippen LogP contribution is 2.44. The van der Waals surface area contributed by atoms with Gasteiger partial charge in [0, 0.05) is 31.5 Å². The van der Waals surface area contributed by atoms with Gasteiger partial charge in [-0.2, -0.15) is 0 Å². The number of ether oxygens (including phenoxy) is 1. The Morgan fingerprint density at radius 1 is 1.06 bits per heavy atom. The van der Waals surface area contributed by atoms with Gasteiger partial charge in [0.1, 0.15) is 6.61 Å². The van der Waals surface area contributed by atoms with Crippen LogP contribution in [0.5, 0.6) is 0 Å². The number of carboxylic acids is 1. The van der Waals surface area contributed by atoms with Gasteiger partial charge < -0.3 is 20.1 Å². The van der Waals surface area contributed by atoms with Crippen LogP contribution in [0.4, 0.5) is 4.79 Å². The molecule has 4 rings (SSSR count). The van der Waals surface area contributed by atoms with Gasteiger partial charge in [0.25, 0.3) is 0 Å². The van der Waals surface area contributed by atoms with Gasteiger partial charge in [-0.25, -0.2) is 4.79 Å². The number of carbonyl (C=O) groups is 3. The first-order chi connectivity index (χ1) is 15.9. The van der Waals surface area contributed by atoms with E-state index in [1.54, 1.807) is 4.90 Å². The standard InChI is InChI=1S/C26H30N2O5/c1-3-17(12-24(29)28-13-16(2)22(14-28)25(30)31)27-26(32)33-15-23-20-10-6-4-8-18(20)19-9-5-7-11-21(19)23/h4-11,16-17,22-23H,3,12-15H2,1-2H3,(H,27,32)(H,30,31). The summed E-state index contributed by atoms with van der Waals surface area (Å²) in [5.41, 5.74) is 4.62. The van der Waals surface area contributed by atoms with Crippen molar-refractivity contribution in [3.63, 3.8) is 0 Å². The number of alkyl carbamates (subject to hydrolysis) is 1. The van der Waals surface area contributed by atoms with E-state index in [9.17, 15) is 19.5 Å². The van der Waals surface area contributed by atoms with Crippen molar-refractivity contribution in [1.29, 1.82) is 0 Å². The van der Waals surface area contributed by atoms with Crippen LogP contribution in [0.25, 0.3) is 11.1 Å². The Hall–Kier alpha value is -3.35. The monoisotopic (exact) mass is 450 g/mol. The maximum atomic E-state index is 12.7. The second kappa shape index (κ2) is 9.65. The van der Waals surface area contributed by atoms with Crippen LogP contribution in [0.2, 0.25) is 0 Å². The Balaban J connectivity index is 1.33. The fourth-order valence-corrected chi connectivity index (χ4v) is 4.94. The minimum Gasteiger partial charge on any atom is -0.481 e. The maximum absolute atomic E-state index is 12.7. The zero-order valence-corrected chi connectivity index (χ0v) is 19.0. The summed E-state index contributed by atoms with van der Waals surface area (Å²) in [5.74, 6) is -1.66. The number of hydrogen-bond acceptors (Lipinski definition) is 4. The van der Waals surface area contributed by atoms with Crippen LogP contribution in [-0.4, -0.2) is 53.7 Å². The minimum atomic E-state index is -0.874. The zero-order valence-electron chi connectivity index (χ0n) is 19.0. The molecule has 1 aliphatic carbocycles. The lowest BCUT2D eigenvalue weighted by atomic mass is 9.98. The summed E-state index contributed by atoms with van der Waals surface area (Å²) >= 11 is 0. The summed E-state index contributed by atoms with van der Waals surface area (Å²) < 4.78 is 5.59. The Morgan fingerprint density at radius 2 is 1.67 bits per heavy atom. The van der Waals surface area contributed by atoms with Crippen LogP contribution in [0.1, 0.15) is 43.7 Å². The molecule has 1 aliphatic heterocycles. The van der Waals surface area contributed by atoms with Gasteiger partial charge in [0.15, 0.2) is 0 Å². The van der Waals surface area contributed by atoms with Gasteiger partial charge in [-0.15, -0.1) is 0 Å². The molecule has 7 nitrogen and oxygen atoms in total. The third kappa shape index (κ3) is 4.72. The lowest BCUT2D eigenvalue weighted by Gasteiger charge is -2.22. The largest absolute Gasteiger partial charge is 0.481 e. The molecule has 2 aromatic carbocycles. The molecule has 1 heterocycles. The highest BCUT2D eigenvalue weighted by Gasteiger charge is 2.37. The molecular weight excluding hydrogens is 420 g/mol. The second-order valence-corrected chi connectivity index (χ2v) is 9.00. The van der Waals surface area contributed by atoms with E-state index in [2.05, 4.69) is 29.6 Å². The molecule has 7 heteroatoms. The van der Waals surface area contributed by atoms with Gasteiger partial charge in [0.2, 0.25) is 5.91 Å². The number of nitrogens with zero attached hydrogens (tertiary/aromatic N) is 1. The molecule has 174 valence electrons. The van der Waals surface area contributed by atoms with Crippen molar-refractivity contribution in [3.8, 4) is 11.1 Å². The van der Waals surface area contributed by atoms with Crippen molar-refractivity contribution < 1.29 is 24.2 Å². The molecule has 2 aromatic rings. The number of nitrogens with one attached hydrogen (secondary N) is 1. The van der Waals surface area contributed by atoms with Gasteiger partial charge in [0.05, 0.1) is 5.92 Å². The van der Waals surface area contributed by atoms with Crippen molar-refractivity contribution in [3.05, 3.63) is 59.7 Å². The number of aliphatic carboxylic acids is 1. The van der Waals surface area contributed by atoms with Crippen molar-refractivity contribution in [2.45, 2.75) is 38.6 Å². The van der Waals surface area contributed by atoms with Gasteiger partial charge in [-0.1, -0.05) is 62.4 Å². The van der Waals surface area contributed by atoms with Crippen LogP contribution in [0.15, 0.2) is 48.5 Å². The summed E-state index contributed by atoms with van der Waals surface area (Å²) in [4.78, 5) is 38.2. The van der Waals surface area contributed by atoms with E-state index in [-0.39, 0.29) is 43.4 Å². The molecular formula is C26H30N2O5. The summed E-state index contributed by atoms with van der Waals surface area (Å²) in [6, 6.07) is 15.9. The Kier molecular flexibility index (Phi) is 6.67. The van der Waals surface area contributed by atoms with Crippen LogP contribution >= 0.6 is 0 Å².